The molecule has 20 heavy (non-hydrogen) atoms. The average Bonchev–Trinajstić information content (AvgIpc) is 3.17. The zero-order valence-corrected chi connectivity index (χ0v) is 12.1. The molecule has 2 fully saturated rings. The van der Waals surface area contributed by atoms with Crippen LogP contribution in [0.1, 0.15) is 38.5 Å². The maximum Gasteiger partial charge on any atom is 0.255 e. The molecule has 0 N–H and O–H groups in total. The maximum atomic E-state index is 6.15. The van der Waals surface area contributed by atoms with Crippen molar-refractivity contribution in [2.75, 3.05) is 11.4 Å². The van der Waals surface area contributed by atoms with Gasteiger partial charge in [-0.3, -0.25) is 0 Å². The highest BCUT2D eigenvalue weighted by Crippen LogP contribution is 2.37. The van der Waals surface area contributed by atoms with Crippen LogP contribution < -0.4 is 4.90 Å². The molecule has 1 aliphatic carbocycles. The zero-order valence-electron chi connectivity index (χ0n) is 11.4. The highest BCUT2D eigenvalue weighted by molar-refractivity contribution is 6.29. The lowest BCUT2D eigenvalue weighted by Gasteiger charge is -2.31. The Morgan fingerprint density at radius 1 is 1.15 bits per heavy atom. The molecule has 0 bridgehead atoms. The second-order valence-corrected chi connectivity index (χ2v) is 6.24. The highest BCUT2D eigenvalue weighted by atomic mass is 35.5. The fraction of sp³-hybridized carbons (Fsp3) is 0.643. The summed E-state index contributed by atoms with van der Waals surface area (Å²) in [6.45, 7) is 1.08. The first-order valence-electron chi connectivity index (χ1n) is 7.46. The molecular weight excluding hydrogens is 274 g/mol. The van der Waals surface area contributed by atoms with Crippen molar-refractivity contribution in [1.29, 1.82) is 0 Å². The van der Waals surface area contributed by atoms with E-state index in [-0.39, 0.29) is 0 Å². The Kier molecular flexibility index (Phi) is 3.02. The molecule has 0 aromatic carbocycles. The van der Waals surface area contributed by atoms with Crippen LogP contribution in [0, 0.1) is 5.92 Å². The number of hydrogen-bond acceptors (Lipinski definition) is 4. The van der Waals surface area contributed by atoms with E-state index < -0.39 is 0 Å². The van der Waals surface area contributed by atoms with E-state index in [4.69, 9.17) is 11.6 Å². The summed E-state index contributed by atoms with van der Waals surface area (Å²) in [4.78, 5) is 10.9. The van der Waals surface area contributed by atoms with Crippen LogP contribution in [-0.4, -0.2) is 32.2 Å². The van der Waals surface area contributed by atoms with E-state index in [1.54, 1.807) is 6.33 Å². The van der Waals surface area contributed by atoms with E-state index in [0.29, 0.717) is 17.0 Å². The van der Waals surface area contributed by atoms with Crippen LogP contribution >= 0.6 is 11.6 Å². The number of anilines is 1. The van der Waals surface area contributed by atoms with Gasteiger partial charge in [0.05, 0.1) is 0 Å². The van der Waals surface area contributed by atoms with Crippen molar-refractivity contribution >= 4 is 23.2 Å². The number of rotatable bonds is 2. The lowest BCUT2D eigenvalue weighted by molar-refractivity contribution is 0.428. The van der Waals surface area contributed by atoms with Crippen molar-refractivity contribution in [2.45, 2.75) is 44.6 Å². The summed E-state index contributed by atoms with van der Waals surface area (Å²) in [6, 6.07) is 2.56. The van der Waals surface area contributed by atoms with Crippen LogP contribution in [0.5, 0.6) is 0 Å². The van der Waals surface area contributed by atoms with Gasteiger partial charge in [-0.05, 0) is 31.6 Å². The van der Waals surface area contributed by atoms with Crippen molar-refractivity contribution in [3.05, 3.63) is 17.5 Å². The molecule has 1 aliphatic heterocycles. The lowest BCUT2D eigenvalue weighted by Crippen LogP contribution is -2.36. The molecule has 0 spiro atoms. The Balaban J connectivity index is 1.75. The molecule has 1 saturated heterocycles. The van der Waals surface area contributed by atoms with Gasteiger partial charge in [0, 0.05) is 18.7 Å². The van der Waals surface area contributed by atoms with E-state index in [9.17, 15) is 0 Å². The summed E-state index contributed by atoms with van der Waals surface area (Å²) in [7, 11) is 0. The van der Waals surface area contributed by atoms with Gasteiger partial charge in [0.2, 0.25) is 0 Å². The minimum absolute atomic E-state index is 0.498. The monoisotopic (exact) mass is 291 g/mol. The van der Waals surface area contributed by atoms with Gasteiger partial charge in [0.15, 0.2) is 0 Å². The average molecular weight is 292 g/mol. The molecule has 5 nitrogen and oxygen atoms in total. The molecule has 1 saturated carbocycles. The molecule has 1 atom stereocenters. The lowest BCUT2D eigenvalue weighted by atomic mass is 9.96. The number of hydrogen-bond donors (Lipinski definition) is 0. The Hall–Kier alpha value is -1.36. The van der Waals surface area contributed by atoms with Gasteiger partial charge in [0.25, 0.3) is 5.78 Å². The van der Waals surface area contributed by atoms with Crippen molar-refractivity contribution < 1.29 is 0 Å². The number of aromatic nitrogens is 4. The fourth-order valence-corrected chi connectivity index (χ4v) is 4.06. The third-order valence-corrected chi connectivity index (χ3v) is 4.93. The molecule has 106 valence electrons. The molecule has 0 radical (unpaired) electrons. The Bertz CT molecular complexity index is 619. The smallest absolute Gasteiger partial charge is 0.255 e. The van der Waals surface area contributed by atoms with Crippen LogP contribution in [0.15, 0.2) is 12.4 Å². The van der Waals surface area contributed by atoms with E-state index in [1.807, 2.05) is 10.6 Å². The summed E-state index contributed by atoms with van der Waals surface area (Å²) in [5.74, 6) is 2.46. The first-order valence-corrected chi connectivity index (χ1v) is 7.83. The van der Waals surface area contributed by atoms with E-state index in [2.05, 4.69) is 20.0 Å². The summed E-state index contributed by atoms with van der Waals surface area (Å²) in [5, 5.41) is 4.81. The summed E-state index contributed by atoms with van der Waals surface area (Å²) in [5.41, 5.74) is 0. The number of fused-ring (bicyclic) bond motifs is 1. The standard InChI is InChI=1S/C14H18ClN5/c15-12-8-13(20-14(18-12)16-9-17-20)19-7-3-6-11(19)10-4-1-2-5-10/h8-11H,1-7H2. The van der Waals surface area contributed by atoms with Crippen molar-refractivity contribution in [2.24, 2.45) is 5.92 Å². The maximum absolute atomic E-state index is 6.15. The van der Waals surface area contributed by atoms with E-state index in [0.717, 1.165) is 18.3 Å². The van der Waals surface area contributed by atoms with Crippen molar-refractivity contribution in [3.63, 3.8) is 0 Å². The van der Waals surface area contributed by atoms with Gasteiger partial charge in [-0.1, -0.05) is 24.4 Å². The van der Waals surface area contributed by atoms with Gasteiger partial charge in [-0.25, -0.2) is 0 Å². The molecule has 4 rings (SSSR count). The fourth-order valence-electron chi connectivity index (χ4n) is 3.88. The third-order valence-electron chi connectivity index (χ3n) is 4.74. The topological polar surface area (TPSA) is 46.3 Å². The molecule has 3 heterocycles. The molecule has 0 amide bonds. The third kappa shape index (κ3) is 1.95. The van der Waals surface area contributed by atoms with Crippen molar-refractivity contribution in [1.82, 2.24) is 19.6 Å². The zero-order chi connectivity index (χ0) is 13.5. The van der Waals surface area contributed by atoms with Gasteiger partial charge < -0.3 is 4.90 Å². The second-order valence-electron chi connectivity index (χ2n) is 5.86. The molecule has 1 unspecified atom stereocenters. The van der Waals surface area contributed by atoms with Gasteiger partial charge in [-0.2, -0.15) is 19.6 Å². The first kappa shape index (κ1) is 12.4. The van der Waals surface area contributed by atoms with Gasteiger partial charge >= 0.3 is 0 Å². The molecule has 6 heteroatoms. The predicted molar refractivity (Wildman–Crippen MR) is 78.1 cm³/mol. The SMILES string of the molecule is Clc1cc(N2CCCC2C2CCCC2)n2ncnc2n1. The first-order chi connectivity index (χ1) is 9.83. The van der Waals surface area contributed by atoms with Crippen LogP contribution in [0.3, 0.4) is 0 Å². The van der Waals surface area contributed by atoms with Gasteiger partial charge in [0.1, 0.15) is 17.3 Å². The molecule has 2 aliphatic rings. The summed E-state index contributed by atoms with van der Waals surface area (Å²) >= 11 is 6.15. The van der Waals surface area contributed by atoms with Gasteiger partial charge in [-0.15, -0.1) is 0 Å². The normalized spacial score (nSPS) is 24.1. The number of halogens is 1. The van der Waals surface area contributed by atoms with Crippen molar-refractivity contribution in [3.8, 4) is 0 Å². The second kappa shape index (κ2) is 4.88. The highest BCUT2D eigenvalue weighted by Gasteiger charge is 2.34. The summed E-state index contributed by atoms with van der Waals surface area (Å²) < 4.78 is 1.82. The van der Waals surface area contributed by atoms with Crippen LogP contribution in [0.4, 0.5) is 5.82 Å². The molecular formula is C14H18ClN5. The predicted octanol–water partition coefficient (Wildman–Crippen LogP) is 2.94. The van der Waals surface area contributed by atoms with Crippen LogP contribution in [-0.2, 0) is 0 Å². The van der Waals surface area contributed by atoms with E-state index >= 15 is 0 Å². The Morgan fingerprint density at radius 2 is 2.00 bits per heavy atom. The molecule has 2 aromatic rings. The van der Waals surface area contributed by atoms with Crippen LogP contribution in [0.2, 0.25) is 5.15 Å². The van der Waals surface area contributed by atoms with Crippen LogP contribution in [0.25, 0.3) is 5.78 Å². The Labute approximate surface area is 123 Å². The minimum atomic E-state index is 0.498. The van der Waals surface area contributed by atoms with E-state index in [1.165, 1.54) is 38.5 Å². The molecule has 2 aromatic heterocycles. The largest absolute Gasteiger partial charge is 0.353 e. The number of nitrogens with zero attached hydrogens (tertiary/aromatic N) is 5. The Morgan fingerprint density at radius 3 is 2.85 bits per heavy atom. The minimum Gasteiger partial charge on any atom is -0.353 e. The summed E-state index contributed by atoms with van der Waals surface area (Å²) in [6.07, 6.45) is 9.55. The quantitative estimate of drug-likeness (QED) is 0.798.